The summed E-state index contributed by atoms with van der Waals surface area (Å²) >= 11 is 0. The maximum atomic E-state index is 12.4. The van der Waals surface area contributed by atoms with Gasteiger partial charge in [0.1, 0.15) is 5.75 Å². The van der Waals surface area contributed by atoms with E-state index in [4.69, 9.17) is 4.74 Å². The zero-order valence-corrected chi connectivity index (χ0v) is 14.7. The maximum Gasteiger partial charge on any atom is 0.422 e. The van der Waals surface area contributed by atoms with Gasteiger partial charge in [-0.1, -0.05) is 11.3 Å². The summed E-state index contributed by atoms with van der Waals surface area (Å²) in [4.78, 5) is 12.4. The Morgan fingerprint density at radius 1 is 1.37 bits per heavy atom. The van der Waals surface area contributed by atoms with E-state index in [1.807, 2.05) is 0 Å². The maximum absolute atomic E-state index is 12.4. The minimum absolute atomic E-state index is 0.0496. The molecule has 0 spiro atoms. The molecule has 1 amide bonds. The van der Waals surface area contributed by atoms with Crippen LogP contribution in [0.25, 0.3) is 0 Å². The first kappa shape index (κ1) is 19.2. The van der Waals surface area contributed by atoms with Crippen molar-refractivity contribution in [3.63, 3.8) is 0 Å². The predicted octanol–water partition coefficient (Wildman–Crippen LogP) is 2.70. The number of halogens is 3. The van der Waals surface area contributed by atoms with Gasteiger partial charge in [-0.25, -0.2) is 4.68 Å². The molecule has 2 N–H and O–H groups in total. The Kier molecular flexibility index (Phi) is 5.64. The van der Waals surface area contributed by atoms with Crippen molar-refractivity contribution in [2.75, 3.05) is 25.0 Å². The topological polar surface area (TPSA) is 81.1 Å². The molecular formula is C17H20F3N5O2. The molecule has 0 radical (unpaired) electrons. The van der Waals surface area contributed by atoms with Gasteiger partial charge in [-0.05, 0) is 50.6 Å². The zero-order valence-electron chi connectivity index (χ0n) is 14.7. The smallest absolute Gasteiger partial charge is 0.422 e. The van der Waals surface area contributed by atoms with Crippen LogP contribution < -0.4 is 15.4 Å². The molecule has 2 heterocycles. The number of amides is 1. The van der Waals surface area contributed by atoms with E-state index in [1.165, 1.54) is 12.1 Å². The van der Waals surface area contributed by atoms with Crippen LogP contribution in [0.2, 0.25) is 0 Å². The fourth-order valence-corrected chi connectivity index (χ4v) is 2.83. The Hall–Kier alpha value is -2.62. The summed E-state index contributed by atoms with van der Waals surface area (Å²) in [5, 5.41) is 13.7. The summed E-state index contributed by atoms with van der Waals surface area (Å²) in [7, 11) is 0. The van der Waals surface area contributed by atoms with Gasteiger partial charge in [-0.15, -0.1) is 5.10 Å². The van der Waals surface area contributed by atoms with Crippen LogP contribution in [0, 0.1) is 6.92 Å². The second kappa shape index (κ2) is 7.95. The summed E-state index contributed by atoms with van der Waals surface area (Å²) in [6.07, 6.45) is -1.14. The summed E-state index contributed by atoms with van der Waals surface area (Å²) in [5.41, 5.74) is 0.948. The lowest BCUT2D eigenvalue weighted by Gasteiger charge is -2.22. The quantitative estimate of drug-likeness (QED) is 0.830. The van der Waals surface area contributed by atoms with Gasteiger partial charge < -0.3 is 15.4 Å². The SMILES string of the molecule is Cc1ccc(NC(=O)c2cn(C3CCNCC3)nn2)c(OCC(F)(F)F)c1. The summed E-state index contributed by atoms with van der Waals surface area (Å²) < 4.78 is 43.8. The summed E-state index contributed by atoms with van der Waals surface area (Å²) in [5.74, 6) is -0.609. The highest BCUT2D eigenvalue weighted by Gasteiger charge is 2.29. The first-order valence-electron chi connectivity index (χ1n) is 8.56. The number of ether oxygens (including phenoxy) is 1. The second-order valence-corrected chi connectivity index (χ2v) is 6.42. The van der Waals surface area contributed by atoms with E-state index in [2.05, 4.69) is 20.9 Å². The average Bonchev–Trinajstić information content (AvgIpc) is 3.12. The number of hydrogen-bond donors (Lipinski definition) is 2. The van der Waals surface area contributed by atoms with Crippen LogP contribution in [0.15, 0.2) is 24.4 Å². The molecule has 3 rings (SSSR count). The number of hydrogen-bond acceptors (Lipinski definition) is 5. The number of piperidine rings is 1. The van der Waals surface area contributed by atoms with E-state index >= 15 is 0 Å². The molecule has 1 saturated heterocycles. The molecule has 1 aliphatic heterocycles. The summed E-state index contributed by atoms with van der Waals surface area (Å²) in [6.45, 7) is 2.02. The van der Waals surface area contributed by atoms with Crippen LogP contribution in [-0.4, -0.2) is 46.8 Å². The van der Waals surface area contributed by atoms with Gasteiger partial charge in [0.05, 0.1) is 17.9 Å². The molecule has 0 saturated carbocycles. The van der Waals surface area contributed by atoms with E-state index < -0.39 is 18.7 Å². The van der Waals surface area contributed by atoms with E-state index in [-0.39, 0.29) is 23.2 Å². The number of nitrogens with one attached hydrogen (secondary N) is 2. The third-order valence-corrected chi connectivity index (χ3v) is 4.20. The molecule has 1 aromatic carbocycles. The van der Waals surface area contributed by atoms with Crippen molar-refractivity contribution in [2.24, 2.45) is 0 Å². The van der Waals surface area contributed by atoms with Crippen molar-refractivity contribution >= 4 is 11.6 Å². The Bertz CT molecular complexity index is 800. The van der Waals surface area contributed by atoms with Gasteiger partial charge >= 0.3 is 6.18 Å². The molecule has 0 bridgehead atoms. The molecule has 7 nitrogen and oxygen atoms in total. The van der Waals surface area contributed by atoms with E-state index in [1.54, 1.807) is 23.9 Å². The Labute approximate surface area is 153 Å². The molecule has 10 heteroatoms. The Morgan fingerprint density at radius 3 is 2.81 bits per heavy atom. The number of nitrogens with zero attached hydrogens (tertiary/aromatic N) is 3. The highest BCUT2D eigenvalue weighted by molar-refractivity contribution is 6.03. The standard InChI is InChI=1S/C17H20F3N5O2/c1-11-2-3-13(15(8-11)27-10-17(18,19)20)22-16(26)14-9-25(24-23-14)12-4-6-21-7-5-12/h2-3,8-9,12,21H,4-7,10H2,1H3,(H,22,26). The van der Waals surface area contributed by atoms with Gasteiger partial charge in [0.2, 0.25) is 0 Å². The van der Waals surface area contributed by atoms with Crippen LogP contribution in [-0.2, 0) is 0 Å². The van der Waals surface area contributed by atoms with Crippen molar-refractivity contribution in [1.29, 1.82) is 0 Å². The lowest BCUT2D eigenvalue weighted by atomic mass is 10.1. The number of rotatable bonds is 5. The second-order valence-electron chi connectivity index (χ2n) is 6.42. The van der Waals surface area contributed by atoms with E-state index in [0.717, 1.165) is 25.9 Å². The molecule has 0 atom stereocenters. The molecule has 1 aliphatic rings. The minimum atomic E-state index is -4.47. The van der Waals surface area contributed by atoms with Crippen molar-refractivity contribution < 1.29 is 22.7 Å². The Balaban J connectivity index is 1.71. The predicted molar refractivity (Wildman–Crippen MR) is 91.8 cm³/mol. The van der Waals surface area contributed by atoms with Crippen molar-refractivity contribution in [3.05, 3.63) is 35.7 Å². The number of aryl methyl sites for hydroxylation is 1. The molecule has 2 aromatic rings. The van der Waals surface area contributed by atoms with Crippen LogP contribution in [0.4, 0.5) is 18.9 Å². The Morgan fingerprint density at radius 2 is 2.11 bits per heavy atom. The molecule has 1 aromatic heterocycles. The first-order chi connectivity index (χ1) is 12.8. The fraction of sp³-hybridized carbons (Fsp3) is 0.471. The van der Waals surface area contributed by atoms with E-state index in [9.17, 15) is 18.0 Å². The number of carbonyl (C=O) groups is 1. The largest absolute Gasteiger partial charge is 0.482 e. The van der Waals surface area contributed by atoms with Crippen LogP contribution in [0.1, 0.15) is 34.9 Å². The highest BCUT2D eigenvalue weighted by atomic mass is 19.4. The van der Waals surface area contributed by atoms with Gasteiger partial charge in [0.15, 0.2) is 12.3 Å². The van der Waals surface area contributed by atoms with Gasteiger partial charge in [-0.3, -0.25) is 4.79 Å². The first-order valence-corrected chi connectivity index (χ1v) is 8.56. The molecule has 27 heavy (non-hydrogen) atoms. The van der Waals surface area contributed by atoms with Crippen LogP contribution in [0.3, 0.4) is 0 Å². The number of benzene rings is 1. The molecule has 146 valence electrons. The van der Waals surface area contributed by atoms with E-state index in [0.29, 0.717) is 5.56 Å². The minimum Gasteiger partial charge on any atom is -0.482 e. The van der Waals surface area contributed by atoms with Gasteiger partial charge in [0, 0.05) is 0 Å². The van der Waals surface area contributed by atoms with Crippen LogP contribution in [0.5, 0.6) is 5.75 Å². The van der Waals surface area contributed by atoms with Crippen molar-refractivity contribution in [2.45, 2.75) is 32.0 Å². The van der Waals surface area contributed by atoms with Crippen molar-refractivity contribution in [1.82, 2.24) is 20.3 Å². The lowest BCUT2D eigenvalue weighted by molar-refractivity contribution is -0.153. The third-order valence-electron chi connectivity index (χ3n) is 4.20. The number of anilines is 1. The van der Waals surface area contributed by atoms with Gasteiger partial charge in [0.25, 0.3) is 5.91 Å². The summed E-state index contributed by atoms with van der Waals surface area (Å²) in [6, 6.07) is 4.77. The number of alkyl halides is 3. The average molecular weight is 383 g/mol. The third kappa shape index (κ3) is 5.19. The fourth-order valence-electron chi connectivity index (χ4n) is 2.83. The van der Waals surface area contributed by atoms with Gasteiger partial charge in [-0.2, -0.15) is 13.2 Å². The molecule has 0 aliphatic carbocycles. The van der Waals surface area contributed by atoms with Crippen molar-refractivity contribution in [3.8, 4) is 5.75 Å². The lowest BCUT2D eigenvalue weighted by Crippen LogP contribution is -2.29. The number of aromatic nitrogens is 3. The molecule has 0 unspecified atom stereocenters. The normalized spacial score (nSPS) is 15.6. The number of carbonyl (C=O) groups excluding carboxylic acids is 1. The van der Waals surface area contributed by atoms with Crippen LogP contribution >= 0.6 is 0 Å². The molecule has 1 fully saturated rings. The molecular weight excluding hydrogens is 363 g/mol. The zero-order chi connectivity index (χ0) is 19.4. The monoisotopic (exact) mass is 383 g/mol. The highest BCUT2D eigenvalue weighted by Crippen LogP contribution is 2.28.